The average Bonchev–Trinajstić information content (AvgIpc) is 2.53. The van der Waals surface area contributed by atoms with E-state index < -0.39 is 0 Å². The smallest absolute Gasteiger partial charge is 0.0405 e. The van der Waals surface area contributed by atoms with Gasteiger partial charge in [0.15, 0.2) is 0 Å². The highest BCUT2D eigenvalue weighted by Gasteiger charge is 1.74. The van der Waals surface area contributed by atoms with Crippen LogP contribution in [0.25, 0.3) is 0 Å². The Kier molecular flexibility index (Phi) is 8.56. The number of hydrogen-bond donors (Lipinski definition) is 0. The predicted octanol–water partition coefficient (Wildman–Crippen LogP) is 4.50. The van der Waals surface area contributed by atoms with Crippen molar-refractivity contribution in [1.82, 2.24) is 9.97 Å². The van der Waals surface area contributed by atoms with Crippen LogP contribution >= 0.6 is 11.6 Å². The molecule has 0 N–H and O–H groups in total. The zero-order chi connectivity index (χ0) is 13.6. The first-order valence-corrected chi connectivity index (χ1v) is 6.18. The maximum atomic E-state index is 5.54. The molecule has 2 nitrogen and oxygen atoms in total. The summed E-state index contributed by atoms with van der Waals surface area (Å²) < 4.78 is 0. The molecule has 2 heterocycles. The van der Waals surface area contributed by atoms with Gasteiger partial charge in [-0.25, -0.2) is 0 Å². The molecule has 0 saturated carbocycles. The summed E-state index contributed by atoms with van der Waals surface area (Å²) in [7, 11) is 0. The zero-order valence-corrected chi connectivity index (χ0v) is 11.2. The Labute approximate surface area is 118 Å². The number of hydrogen-bond acceptors (Lipinski definition) is 2. The lowest BCUT2D eigenvalue weighted by Gasteiger charge is -1.80. The van der Waals surface area contributed by atoms with Crippen molar-refractivity contribution in [2.24, 2.45) is 0 Å². The van der Waals surface area contributed by atoms with E-state index >= 15 is 0 Å². The van der Waals surface area contributed by atoms with Gasteiger partial charge in [-0.05, 0) is 36.4 Å². The fourth-order valence-corrected chi connectivity index (χ4v) is 1.19. The summed E-state index contributed by atoms with van der Waals surface area (Å²) in [5, 5.41) is 0.794. The van der Waals surface area contributed by atoms with Crippen LogP contribution in [0.2, 0.25) is 5.02 Å². The van der Waals surface area contributed by atoms with E-state index in [-0.39, 0.29) is 0 Å². The molecule has 0 aliphatic carbocycles. The number of aromatic nitrogens is 2. The molecule has 0 spiro atoms. The van der Waals surface area contributed by atoms with Crippen molar-refractivity contribution in [1.29, 1.82) is 0 Å². The van der Waals surface area contributed by atoms with Gasteiger partial charge >= 0.3 is 0 Å². The summed E-state index contributed by atoms with van der Waals surface area (Å²) in [6.07, 6.45) is 7.00. The van der Waals surface area contributed by atoms with Crippen LogP contribution in [0.15, 0.2) is 91.5 Å². The van der Waals surface area contributed by atoms with Crippen LogP contribution < -0.4 is 0 Å². The van der Waals surface area contributed by atoms with Crippen LogP contribution in [0, 0.1) is 0 Å². The Morgan fingerprint density at radius 1 is 0.526 bits per heavy atom. The molecule has 0 unspecified atom stereocenters. The summed E-state index contributed by atoms with van der Waals surface area (Å²) in [4.78, 5) is 7.57. The Bertz CT molecular complexity index is 416. The molecule has 0 atom stereocenters. The number of benzene rings is 1. The molecule has 0 aliphatic rings. The van der Waals surface area contributed by atoms with Crippen molar-refractivity contribution in [3.05, 3.63) is 96.5 Å². The molecule has 0 saturated heterocycles. The van der Waals surface area contributed by atoms with Gasteiger partial charge in [-0.1, -0.05) is 41.9 Å². The highest BCUT2D eigenvalue weighted by Crippen LogP contribution is 2.03. The van der Waals surface area contributed by atoms with Crippen molar-refractivity contribution >= 4 is 11.6 Å². The van der Waals surface area contributed by atoms with Gasteiger partial charge in [0.2, 0.25) is 0 Å². The molecule has 0 radical (unpaired) electrons. The van der Waals surface area contributed by atoms with Crippen LogP contribution in [0.4, 0.5) is 0 Å². The molecular formula is C16H15ClN2. The predicted molar refractivity (Wildman–Crippen MR) is 79.9 cm³/mol. The van der Waals surface area contributed by atoms with Gasteiger partial charge < -0.3 is 0 Å². The summed E-state index contributed by atoms with van der Waals surface area (Å²) in [6.45, 7) is 0. The van der Waals surface area contributed by atoms with Crippen LogP contribution in [0.5, 0.6) is 0 Å². The second-order valence-electron chi connectivity index (χ2n) is 3.34. The van der Waals surface area contributed by atoms with E-state index in [1.807, 2.05) is 66.7 Å². The lowest BCUT2D eigenvalue weighted by Crippen LogP contribution is -1.58. The van der Waals surface area contributed by atoms with Gasteiger partial charge in [0, 0.05) is 29.8 Å². The largest absolute Gasteiger partial charge is 0.265 e. The molecule has 0 bridgehead atoms. The van der Waals surface area contributed by atoms with Crippen LogP contribution in [0.1, 0.15) is 0 Å². The second kappa shape index (κ2) is 10.9. The fraction of sp³-hybridized carbons (Fsp3) is 0. The van der Waals surface area contributed by atoms with Gasteiger partial charge in [0.1, 0.15) is 0 Å². The third kappa shape index (κ3) is 9.51. The SMILES string of the molecule is Clc1ccccc1.c1ccncc1.c1ccncc1. The lowest BCUT2D eigenvalue weighted by atomic mass is 10.4. The quantitative estimate of drug-likeness (QED) is 0.601. The molecule has 1 aromatic carbocycles. The first kappa shape index (κ1) is 14.9. The van der Waals surface area contributed by atoms with E-state index in [0.29, 0.717) is 0 Å². The van der Waals surface area contributed by atoms with Gasteiger partial charge in [0.25, 0.3) is 0 Å². The van der Waals surface area contributed by atoms with Crippen molar-refractivity contribution in [3.63, 3.8) is 0 Å². The molecule has 0 amide bonds. The molecule has 96 valence electrons. The molecule has 0 aliphatic heterocycles. The molecule has 0 fully saturated rings. The number of pyridine rings is 2. The molecule has 19 heavy (non-hydrogen) atoms. The molecule has 2 aromatic heterocycles. The van der Waals surface area contributed by atoms with Crippen LogP contribution in [-0.2, 0) is 0 Å². The number of rotatable bonds is 0. The number of halogens is 1. The Balaban J connectivity index is 0.000000143. The van der Waals surface area contributed by atoms with E-state index in [4.69, 9.17) is 11.6 Å². The Morgan fingerprint density at radius 3 is 1.05 bits per heavy atom. The molecule has 3 aromatic rings. The van der Waals surface area contributed by atoms with Gasteiger partial charge in [-0.15, -0.1) is 0 Å². The first-order chi connectivity index (χ1) is 9.39. The highest BCUT2D eigenvalue weighted by atomic mass is 35.5. The third-order valence-electron chi connectivity index (χ3n) is 1.87. The minimum absolute atomic E-state index is 0.794. The topological polar surface area (TPSA) is 25.8 Å². The van der Waals surface area contributed by atoms with E-state index in [9.17, 15) is 0 Å². The minimum atomic E-state index is 0.794. The van der Waals surface area contributed by atoms with Crippen molar-refractivity contribution in [2.75, 3.05) is 0 Å². The van der Waals surface area contributed by atoms with E-state index in [2.05, 4.69) is 9.97 Å². The van der Waals surface area contributed by atoms with E-state index in [1.165, 1.54) is 0 Å². The maximum Gasteiger partial charge on any atom is 0.0405 e. The zero-order valence-electron chi connectivity index (χ0n) is 10.4. The summed E-state index contributed by atoms with van der Waals surface area (Å²) in [5.74, 6) is 0. The summed E-state index contributed by atoms with van der Waals surface area (Å²) in [6, 6.07) is 20.9. The van der Waals surface area contributed by atoms with Crippen molar-refractivity contribution < 1.29 is 0 Å². The molecule has 3 rings (SSSR count). The van der Waals surface area contributed by atoms with E-state index in [1.54, 1.807) is 24.8 Å². The number of nitrogens with zero attached hydrogens (tertiary/aromatic N) is 2. The summed E-state index contributed by atoms with van der Waals surface area (Å²) in [5.41, 5.74) is 0. The van der Waals surface area contributed by atoms with Crippen LogP contribution in [0.3, 0.4) is 0 Å². The maximum absolute atomic E-state index is 5.54. The van der Waals surface area contributed by atoms with E-state index in [0.717, 1.165) is 5.02 Å². The summed E-state index contributed by atoms with van der Waals surface area (Å²) >= 11 is 5.54. The highest BCUT2D eigenvalue weighted by molar-refractivity contribution is 6.30. The Morgan fingerprint density at radius 2 is 0.895 bits per heavy atom. The van der Waals surface area contributed by atoms with Crippen LogP contribution in [-0.4, -0.2) is 9.97 Å². The normalized spacial score (nSPS) is 8.26. The van der Waals surface area contributed by atoms with Crippen molar-refractivity contribution in [3.8, 4) is 0 Å². The molecule has 3 heteroatoms. The van der Waals surface area contributed by atoms with Gasteiger partial charge in [-0.3, -0.25) is 9.97 Å². The minimum Gasteiger partial charge on any atom is -0.265 e. The Hall–Kier alpha value is -2.19. The first-order valence-electron chi connectivity index (χ1n) is 5.80. The lowest BCUT2D eigenvalue weighted by molar-refractivity contribution is 1.33. The molecular weight excluding hydrogens is 256 g/mol. The average molecular weight is 271 g/mol. The fourth-order valence-electron chi connectivity index (χ4n) is 1.04. The van der Waals surface area contributed by atoms with Crippen molar-refractivity contribution in [2.45, 2.75) is 0 Å². The second-order valence-corrected chi connectivity index (χ2v) is 3.78. The monoisotopic (exact) mass is 270 g/mol. The standard InChI is InChI=1S/C6H5Cl.2C5H5N/c7-6-4-2-1-3-5-6;2*1-2-4-6-5-3-1/h1-5H;2*1-5H. The third-order valence-corrected chi connectivity index (χ3v) is 2.12. The van der Waals surface area contributed by atoms with Gasteiger partial charge in [0.05, 0.1) is 0 Å². The van der Waals surface area contributed by atoms with Gasteiger partial charge in [-0.2, -0.15) is 0 Å².